The first-order valence-electron chi connectivity index (χ1n) is 6.04. The second-order valence-corrected chi connectivity index (χ2v) is 6.49. The molecule has 0 radical (unpaired) electrons. The Morgan fingerprint density at radius 1 is 1.50 bits per heavy atom. The van der Waals surface area contributed by atoms with Gasteiger partial charge >= 0.3 is 0 Å². The molecule has 0 aromatic carbocycles. The number of hydrogen-bond acceptors (Lipinski definition) is 3. The van der Waals surface area contributed by atoms with Crippen molar-refractivity contribution >= 4 is 23.1 Å². The van der Waals surface area contributed by atoms with Gasteiger partial charge in [0.05, 0.1) is 0 Å². The maximum Gasteiger partial charge on any atom is 0.0113 e. The van der Waals surface area contributed by atoms with Crippen LogP contribution in [0.4, 0.5) is 0 Å². The van der Waals surface area contributed by atoms with E-state index in [1.165, 1.54) is 24.1 Å². The Balaban J connectivity index is 2.22. The molecule has 16 heavy (non-hydrogen) atoms. The first-order valence-corrected chi connectivity index (χ1v) is 8.21. The molecule has 2 atom stereocenters. The molecule has 1 aromatic rings. The molecule has 0 aliphatic carbocycles. The van der Waals surface area contributed by atoms with Crippen LogP contribution in [0.2, 0.25) is 0 Å². The van der Waals surface area contributed by atoms with E-state index in [2.05, 4.69) is 42.9 Å². The molecular formula is C13H23NS2. The van der Waals surface area contributed by atoms with Gasteiger partial charge in [-0.3, -0.25) is 0 Å². The van der Waals surface area contributed by atoms with Crippen LogP contribution in [-0.4, -0.2) is 24.1 Å². The highest BCUT2D eigenvalue weighted by Gasteiger charge is 2.08. The SMILES string of the molecule is CCC(Cc1cccs1)NCCC(C)SC. The van der Waals surface area contributed by atoms with Crippen LogP contribution in [0.15, 0.2) is 17.5 Å². The number of thiophene rings is 1. The summed E-state index contributed by atoms with van der Waals surface area (Å²) in [5.41, 5.74) is 0. The van der Waals surface area contributed by atoms with E-state index in [-0.39, 0.29) is 0 Å². The summed E-state index contributed by atoms with van der Waals surface area (Å²) in [6.07, 6.45) is 5.85. The lowest BCUT2D eigenvalue weighted by Gasteiger charge is -2.17. The quantitative estimate of drug-likeness (QED) is 0.760. The zero-order valence-corrected chi connectivity index (χ0v) is 12.2. The van der Waals surface area contributed by atoms with Crippen LogP contribution in [0.5, 0.6) is 0 Å². The van der Waals surface area contributed by atoms with Gasteiger partial charge in [-0.25, -0.2) is 0 Å². The average Bonchev–Trinajstić information content (AvgIpc) is 2.80. The van der Waals surface area contributed by atoms with Crippen LogP contribution in [-0.2, 0) is 6.42 Å². The zero-order chi connectivity index (χ0) is 11.8. The first-order chi connectivity index (χ1) is 7.76. The Bertz CT molecular complexity index is 259. The Hall–Kier alpha value is 0.01000. The van der Waals surface area contributed by atoms with Crippen LogP contribution >= 0.6 is 23.1 Å². The molecule has 0 saturated carbocycles. The van der Waals surface area contributed by atoms with Crippen molar-refractivity contribution in [1.29, 1.82) is 0 Å². The van der Waals surface area contributed by atoms with Gasteiger partial charge in [0.25, 0.3) is 0 Å². The minimum absolute atomic E-state index is 0.646. The van der Waals surface area contributed by atoms with Crippen LogP contribution in [0.25, 0.3) is 0 Å². The van der Waals surface area contributed by atoms with E-state index in [4.69, 9.17) is 0 Å². The van der Waals surface area contributed by atoms with E-state index in [1.807, 2.05) is 23.1 Å². The normalized spacial score (nSPS) is 14.9. The van der Waals surface area contributed by atoms with Crippen LogP contribution in [0.3, 0.4) is 0 Å². The Morgan fingerprint density at radius 3 is 2.88 bits per heavy atom. The highest BCUT2D eigenvalue weighted by Crippen LogP contribution is 2.13. The van der Waals surface area contributed by atoms with Crippen molar-refractivity contribution in [3.05, 3.63) is 22.4 Å². The molecule has 1 rings (SSSR count). The molecule has 0 saturated heterocycles. The number of hydrogen-bond donors (Lipinski definition) is 1. The zero-order valence-electron chi connectivity index (χ0n) is 10.5. The molecular weight excluding hydrogens is 234 g/mol. The summed E-state index contributed by atoms with van der Waals surface area (Å²) >= 11 is 3.82. The number of nitrogens with one attached hydrogen (secondary N) is 1. The summed E-state index contributed by atoms with van der Waals surface area (Å²) in [7, 11) is 0. The molecule has 3 heteroatoms. The van der Waals surface area contributed by atoms with E-state index in [0.29, 0.717) is 6.04 Å². The van der Waals surface area contributed by atoms with Crippen molar-refractivity contribution in [3.63, 3.8) is 0 Å². The molecule has 0 aliphatic rings. The molecule has 1 nitrogen and oxygen atoms in total. The van der Waals surface area contributed by atoms with Crippen LogP contribution in [0, 0.1) is 0 Å². The third kappa shape index (κ3) is 5.37. The Labute approximate surface area is 108 Å². The predicted octanol–water partition coefficient (Wildman–Crippen LogP) is 3.80. The summed E-state index contributed by atoms with van der Waals surface area (Å²) in [5, 5.41) is 6.60. The van der Waals surface area contributed by atoms with Crippen molar-refractivity contribution in [3.8, 4) is 0 Å². The van der Waals surface area contributed by atoms with Gasteiger partial charge in [-0.15, -0.1) is 11.3 Å². The largest absolute Gasteiger partial charge is 0.314 e. The molecule has 1 aromatic heterocycles. The molecule has 0 fully saturated rings. The lowest BCUT2D eigenvalue weighted by atomic mass is 10.1. The summed E-state index contributed by atoms with van der Waals surface area (Å²) in [4.78, 5) is 1.50. The third-order valence-corrected chi connectivity index (χ3v) is 4.85. The fraction of sp³-hybridized carbons (Fsp3) is 0.692. The van der Waals surface area contributed by atoms with E-state index in [1.54, 1.807) is 0 Å². The van der Waals surface area contributed by atoms with Gasteiger partial charge in [0, 0.05) is 16.2 Å². The fourth-order valence-corrected chi connectivity index (χ4v) is 2.78. The lowest BCUT2D eigenvalue weighted by Crippen LogP contribution is -2.32. The van der Waals surface area contributed by atoms with Crippen molar-refractivity contribution < 1.29 is 0 Å². The molecule has 92 valence electrons. The third-order valence-electron chi connectivity index (χ3n) is 2.91. The molecule has 1 N–H and O–H groups in total. The maximum absolute atomic E-state index is 3.67. The van der Waals surface area contributed by atoms with Gasteiger partial charge in [0.1, 0.15) is 0 Å². The topological polar surface area (TPSA) is 12.0 Å². The minimum atomic E-state index is 0.646. The Kier molecular flexibility index (Phi) is 7.17. The summed E-state index contributed by atoms with van der Waals surface area (Å²) in [6.45, 7) is 5.71. The van der Waals surface area contributed by atoms with Crippen LogP contribution < -0.4 is 5.32 Å². The van der Waals surface area contributed by atoms with E-state index in [9.17, 15) is 0 Å². The molecule has 0 bridgehead atoms. The number of rotatable bonds is 8. The van der Waals surface area contributed by atoms with Crippen molar-refractivity contribution in [2.24, 2.45) is 0 Å². The highest BCUT2D eigenvalue weighted by molar-refractivity contribution is 7.99. The highest BCUT2D eigenvalue weighted by atomic mass is 32.2. The fourth-order valence-electron chi connectivity index (χ4n) is 1.64. The minimum Gasteiger partial charge on any atom is -0.314 e. The second kappa shape index (κ2) is 8.15. The van der Waals surface area contributed by atoms with E-state index < -0.39 is 0 Å². The van der Waals surface area contributed by atoms with Gasteiger partial charge in [-0.2, -0.15) is 11.8 Å². The predicted molar refractivity (Wildman–Crippen MR) is 77.7 cm³/mol. The standard InChI is InChI=1S/C13H23NS2/c1-4-12(10-13-6-5-9-16-13)14-8-7-11(2)15-3/h5-6,9,11-12,14H,4,7-8,10H2,1-3H3. The van der Waals surface area contributed by atoms with Crippen molar-refractivity contribution in [2.45, 2.75) is 44.4 Å². The van der Waals surface area contributed by atoms with Gasteiger partial charge < -0.3 is 5.32 Å². The van der Waals surface area contributed by atoms with Crippen LogP contribution in [0.1, 0.15) is 31.6 Å². The van der Waals surface area contributed by atoms with Gasteiger partial charge in [0.2, 0.25) is 0 Å². The molecule has 0 aliphatic heterocycles. The van der Waals surface area contributed by atoms with Gasteiger partial charge in [-0.1, -0.05) is 19.9 Å². The van der Waals surface area contributed by atoms with E-state index in [0.717, 1.165) is 11.8 Å². The smallest absolute Gasteiger partial charge is 0.0113 e. The lowest BCUT2D eigenvalue weighted by molar-refractivity contribution is 0.491. The van der Waals surface area contributed by atoms with E-state index >= 15 is 0 Å². The molecule has 0 amide bonds. The first kappa shape index (κ1) is 14.1. The summed E-state index contributed by atoms with van der Waals surface area (Å²) in [6, 6.07) is 5.02. The summed E-state index contributed by atoms with van der Waals surface area (Å²) < 4.78 is 0. The average molecular weight is 257 g/mol. The second-order valence-electron chi connectivity index (χ2n) is 4.18. The molecule has 1 heterocycles. The van der Waals surface area contributed by atoms with Gasteiger partial charge in [0.15, 0.2) is 0 Å². The van der Waals surface area contributed by atoms with Gasteiger partial charge in [-0.05, 0) is 43.5 Å². The maximum atomic E-state index is 3.67. The van der Waals surface area contributed by atoms with Crippen molar-refractivity contribution in [1.82, 2.24) is 5.32 Å². The van der Waals surface area contributed by atoms with Crippen molar-refractivity contribution in [2.75, 3.05) is 12.8 Å². The molecule has 0 spiro atoms. The number of thioether (sulfide) groups is 1. The monoisotopic (exact) mass is 257 g/mol. The Morgan fingerprint density at radius 2 is 2.31 bits per heavy atom. The molecule has 2 unspecified atom stereocenters. The summed E-state index contributed by atoms with van der Waals surface area (Å²) in [5.74, 6) is 0.